The standard InChI is InChI=1S/C28H33FN3O3P.C25H32N2O2.C10H20O.C9H18N2.C3H8.C2H4O/c1-6-20-23(29)9-8-18-12-19(33)13-21(24(18)20)25-26(36)16(2)22(14-30-25)27(31-17(3)35-5)32-11-7-10-28(4,34)15-32;1-4-5-25(29)26(3)24-16-23(11-6-19(24)2)22-12-14-27(15-13-22)17-20-7-9-21(18-28)10-8-20;1-5-7-9(4)10(11)8(3)6-2;1-10-7-9-5-4-8-3-2-6-11(8)9;1-3-2;1-2-3/h8-9,12-14,33-34H,2,6-7,10-11,15,36H2,1,3-5H3;6-11,16,18,22H,4-5,12-15,17H2,1-3H3;8-9H,5-7H2,1-4H3;8-10H,2-7H2,1H3;3H2,1-2H3;2H,1H3/b27-22+,31-17+;;;;;/t28-;;;;;/m1...../s1. The molecule has 16 heteroatoms. The number of halogens is 1. The van der Waals surface area contributed by atoms with E-state index in [-0.39, 0.29) is 29.3 Å². The Balaban J connectivity index is 0.000000284. The minimum atomic E-state index is -0.834. The second-order valence-corrected chi connectivity index (χ2v) is 26.5. The number of nitrogens with zero attached hydrogens (tertiary/aromatic N) is 6. The number of likely N-dealkylation sites (tertiary alicyclic amines) is 2. The van der Waals surface area contributed by atoms with Gasteiger partial charge in [0.2, 0.25) is 5.91 Å². The number of methoxy groups -OCH3 is 1. The van der Waals surface area contributed by atoms with Crippen molar-refractivity contribution in [2.75, 3.05) is 65.4 Å². The summed E-state index contributed by atoms with van der Waals surface area (Å²) in [6, 6.07) is 22.6. The summed E-state index contributed by atoms with van der Waals surface area (Å²) in [5.41, 5.74) is 6.49. The van der Waals surface area contributed by atoms with Gasteiger partial charge in [-0.05, 0) is 193 Å². The molecule has 5 heterocycles. The highest BCUT2D eigenvalue weighted by molar-refractivity contribution is 7.27. The maximum absolute atomic E-state index is 14.7. The van der Waals surface area contributed by atoms with Gasteiger partial charge in [0, 0.05) is 104 Å². The largest absolute Gasteiger partial charge is 0.508 e. The Morgan fingerprint density at radius 1 is 0.935 bits per heavy atom. The average molecular weight is 1300 g/mol. The van der Waals surface area contributed by atoms with Crippen molar-refractivity contribution in [3.8, 4) is 17.0 Å². The number of amides is 1. The van der Waals surface area contributed by atoms with Crippen LogP contribution in [0.4, 0.5) is 10.1 Å². The molecule has 5 aromatic rings. The summed E-state index contributed by atoms with van der Waals surface area (Å²) < 4.78 is 20.1. The zero-order valence-electron chi connectivity index (χ0n) is 59.3. The number of carbonyl (C=O) groups is 4. The van der Waals surface area contributed by atoms with Gasteiger partial charge in [0.15, 0.2) is 5.90 Å². The molecule has 3 N–H and O–H groups in total. The lowest BCUT2D eigenvalue weighted by atomic mass is 9.88. The lowest BCUT2D eigenvalue weighted by Gasteiger charge is -2.38. The number of rotatable bonds is 18. The van der Waals surface area contributed by atoms with Crippen molar-refractivity contribution in [1.29, 1.82) is 0 Å². The molecule has 4 aliphatic rings. The first-order valence-electron chi connectivity index (χ1n) is 34.4. The topological polar surface area (TPSA) is 168 Å². The van der Waals surface area contributed by atoms with Crippen LogP contribution in [-0.2, 0) is 32.1 Å². The van der Waals surface area contributed by atoms with Crippen molar-refractivity contribution >= 4 is 73.6 Å². The third kappa shape index (κ3) is 23.3. The van der Waals surface area contributed by atoms with Crippen LogP contribution in [0.2, 0.25) is 0 Å². The van der Waals surface area contributed by atoms with E-state index in [1.54, 1.807) is 38.4 Å². The zero-order chi connectivity index (χ0) is 69.0. The minimum absolute atomic E-state index is 0.0789. The number of anilines is 1. The monoisotopic (exact) mass is 1300 g/mol. The van der Waals surface area contributed by atoms with Gasteiger partial charge in [-0.3, -0.25) is 29.2 Å². The number of aldehydes is 2. The van der Waals surface area contributed by atoms with Crippen LogP contribution in [0.15, 0.2) is 77.9 Å². The number of phenolic OH excluding ortho intramolecular Hbond substituents is 1. The highest BCUT2D eigenvalue weighted by Gasteiger charge is 2.36. The predicted octanol–water partition coefficient (Wildman–Crippen LogP) is 13.6. The third-order valence-electron chi connectivity index (χ3n) is 18.2. The lowest BCUT2D eigenvalue weighted by Crippen LogP contribution is -2.48. The summed E-state index contributed by atoms with van der Waals surface area (Å²) in [6.07, 6.45) is 19.3. The molecule has 512 valence electrons. The number of Topliss-reactive ketones (excluding diaryl/α,β-unsaturated/α-hetero) is 1. The van der Waals surface area contributed by atoms with E-state index in [2.05, 4.69) is 90.8 Å². The summed E-state index contributed by atoms with van der Waals surface area (Å²) in [6.45, 7) is 34.7. The first kappa shape index (κ1) is 79.2. The number of carbonyl (C=O) groups excluding carboxylic acids is 4. The number of benzene rings is 4. The zero-order valence-corrected chi connectivity index (χ0v) is 60.5. The Kier molecular flexibility index (Phi) is 34.3. The number of aliphatic hydroxyl groups is 1. The smallest absolute Gasteiger partial charge is 0.226 e. The summed E-state index contributed by atoms with van der Waals surface area (Å²) in [7, 11) is 8.22. The van der Waals surface area contributed by atoms with Gasteiger partial charge in [0.05, 0.1) is 18.4 Å². The highest BCUT2D eigenvalue weighted by Crippen LogP contribution is 2.37. The molecule has 4 saturated heterocycles. The fourth-order valence-corrected chi connectivity index (χ4v) is 13.3. The quantitative estimate of drug-likeness (QED) is 0.0329. The number of β-amino-alcohol motifs (C(OH)–C–C–N with tert-alkyl or cyclic N) is 1. The molecule has 0 saturated carbocycles. The molecule has 4 aromatic carbocycles. The number of ketones is 1. The van der Waals surface area contributed by atoms with Gasteiger partial charge in [0.1, 0.15) is 35.7 Å². The van der Waals surface area contributed by atoms with E-state index >= 15 is 0 Å². The van der Waals surface area contributed by atoms with Gasteiger partial charge in [-0.2, -0.15) is 4.99 Å². The van der Waals surface area contributed by atoms with Crippen molar-refractivity contribution in [3.63, 3.8) is 0 Å². The third-order valence-corrected chi connectivity index (χ3v) is 18.9. The summed E-state index contributed by atoms with van der Waals surface area (Å²) in [5, 5.41) is 28.0. The normalized spacial score (nSPS) is 19.0. The number of hydrogen-bond donors (Lipinski definition) is 3. The molecule has 0 spiro atoms. The SMILES string of the molecule is C=c1c(P)c(-c2cc(O)cc3ccc(F)c(CC)c23)nc/c1=C(/N=C(\C)OC)N1CCC[C@@](C)(O)C1.CC=O.CCC.CCCC(=O)N(C)c1cc(C2CCN(Cc3ccc(C=O)cc3)CC2)ccc1C.CCCC(C)C(=O)C(C)CC.CNCC1CCC2CCCN21. The molecule has 0 aliphatic carbocycles. The Hall–Kier alpha value is -6.22. The molecule has 1 amide bonds. The molecule has 9 rings (SSSR count). The predicted molar refractivity (Wildman–Crippen MR) is 389 cm³/mol. The van der Waals surface area contributed by atoms with Crippen LogP contribution < -0.4 is 26.0 Å². The molecule has 6 atom stereocenters. The number of nitrogens with one attached hydrogen (secondary N) is 1. The summed E-state index contributed by atoms with van der Waals surface area (Å²) >= 11 is 0. The number of hydrogen-bond acceptors (Lipinski definition) is 13. The number of aryl methyl sites for hydroxylation is 2. The van der Waals surface area contributed by atoms with Gasteiger partial charge < -0.3 is 34.9 Å². The van der Waals surface area contributed by atoms with Gasteiger partial charge in [0.25, 0.3) is 0 Å². The maximum Gasteiger partial charge on any atom is 0.226 e. The van der Waals surface area contributed by atoms with Crippen molar-refractivity contribution in [1.82, 2.24) is 25.0 Å². The minimum Gasteiger partial charge on any atom is -0.508 e. The van der Waals surface area contributed by atoms with Gasteiger partial charge in [-0.1, -0.05) is 117 Å². The van der Waals surface area contributed by atoms with Crippen LogP contribution in [0.5, 0.6) is 5.75 Å². The van der Waals surface area contributed by atoms with Gasteiger partial charge in [-0.25, -0.2) is 4.39 Å². The number of fused-ring (bicyclic) bond motifs is 2. The second kappa shape index (κ2) is 40.2. The fraction of sp³-hybridized carbons (Fsp3) is 0.558. The number of ether oxygens (including phenoxy) is 1. The van der Waals surface area contributed by atoms with E-state index in [9.17, 15) is 29.0 Å². The number of pyridine rings is 1. The number of piperidine rings is 2. The molecule has 0 radical (unpaired) electrons. The van der Waals surface area contributed by atoms with Crippen molar-refractivity contribution in [3.05, 3.63) is 117 Å². The number of phenols is 1. The van der Waals surface area contributed by atoms with Crippen LogP contribution in [0.3, 0.4) is 0 Å². The van der Waals surface area contributed by atoms with Crippen molar-refractivity contribution in [2.45, 2.75) is 210 Å². The summed E-state index contributed by atoms with van der Waals surface area (Å²) in [5.74, 6) is 2.59. The molecule has 4 aliphatic heterocycles. The summed E-state index contributed by atoms with van der Waals surface area (Å²) in [4.78, 5) is 61.9. The molecular weight excluding hydrogens is 1180 g/mol. The number of aromatic hydroxyl groups is 1. The Labute approximate surface area is 560 Å². The molecule has 5 unspecified atom stereocenters. The Morgan fingerprint density at radius 2 is 1.61 bits per heavy atom. The molecule has 1 aromatic heterocycles. The first-order chi connectivity index (χ1) is 44.4. The van der Waals surface area contributed by atoms with E-state index in [1.807, 2.05) is 75.7 Å². The number of likely N-dealkylation sites (N-methyl/N-ethyl adjacent to an activating group) is 1. The van der Waals surface area contributed by atoms with Crippen molar-refractivity contribution < 1.29 is 38.5 Å². The molecule has 93 heavy (non-hydrogen) atoms. The van der Waals surface area contributed by atoms with Gasteiger partial charge >= 0.3 is 0 Å². The Bertz CT molecular complexity index is 3310. The van der Waals surface area contributed by atoms with E-state index in [0.717, 1.165) is 129 Å². The average Bonchev–Trinajstić information content (AvgIpc) is 1.51. The molecule has 0 bridgehead atoms. The van der Waals surface area contributed by atoms with Crippen LogP contribution in [0.1, 0.15) is 205 Å². The van der Waals surface area contributed by atoms with E-state index in [4.69, 9.17) is 19.5 Å². The van der Waals surface area contributed by atoms with Crippen molar-refractivity contribution in [2.24, 2.45) is 16.8 Å². The van der Waals surface area contributed by atoms with Gasteiger partial charge in [-0.15, -0.1) is 9.24 Å². The molecule has 14 nitrogen and oxygen atoms in total. The van der Waals surface area contributed by atoms with E-state index in [0.29, 0.717) is 76.5 Å². The van der Waals surface area contributed by atoms with Crippen LogP contribution in [0.25, 0.3) is 34.4 Å². The lowest BCUT2D eigenvalue weighted by molar-refractivity contribution is -0.126. The Morgan fingerprint density at radius 3 is 2.20 bits per heavy atom. The van der Waals surface area contributed by atoms with Crippen LogP contribution in [-0.4, -0.2) is 138 Å². The maximum atomic E-state index is 14.7. The van der Waals surface area contributed by atoms with E-state index in [1.165, 1.54) is 69.3 Å². The van der Waals surface area contributed by atoms with Crippen LogP contribution in [0, 0.1) is 24.6 Å². The first-order valence-corrected chi connectivity index (χ1v) is 35.0. The fourth-order valence-electron chi connectivity index (χ4n) is 13.0. The number of aromatic nitrogens is 1. The highest BCUT2D eigenvalue weighted by atomic mass is 31.0. The molecular formula is C77H115FN7O7P. The van der Waals surface area contributed by atoms with E-state index < -0.39 is 5.60 Å². The molecule has 4 fully saturated rings. The second-order valence-electron chi connectivity index (χ2n) is 25.9. The van der Waals surface area contributed by atoms with Crippen LogP contribution >= 0.6 is 9.24 Å². The number of aliphatic imine (C=N–C) groups is 1.